The Morgan fingerprint density at radius 2 is 2.29 bits per heavy atom. The number of carbonyl (C=O) groups is 1. The van der Waals surface area contributed by atoms with Gasteiger partial charge in [-0.15, -0.1) is 0 Å². The molecule has 1 aromatic rings. The number of aldehydes is 1. The van der Waals surface area contributed by atoms with Crippen LogP contribution in [0.3, 0.4) is 0 Å². The Labute approximate surface area is 84.5 Å². The smallest absolute Gasteiger partial charge is 0.127 e. The number of para-hydroxylation sites is 1. The molecule has 0 aromatic heterocycles. The van der Waals surface area contributed by atoms with Crippen molar-refractivity contribution in [1.29, 1.82) is 0 Å². The molecule has 1 aliphatic heterocycles. The Hall–Kier alpha value is -1.31. The van der Waals surface area contributed by atoms with Crippen LogP contribution in [0.25, 0.3) is 0 Å². The number of nitrogens with zero attached hydrogens (tertiary/aromatic N) is 1. The number of hydrogen-bond acceptors (Lipinski definition) is 2. The number of carbonyl (C=O) groups excluding carboxylic acids is 1. The van der Waals surface area contributed by atoms with Gasteiger partial charge in [0.15, 0.2) is 0 Å². The summed E-state index contributed by atoms with van der Waals surface area (Å²) in [6.07, 6.45) is 2.03. The number of fused-ring (bicyclic) bond motifs is 1. The summed E-state index contributed by atoms with van der Waals surface area (Å²) >= 11 is 0. The summed E-state index contributed by atoms with van der Waals surface area (Å²) < 4.78 is 0. The highest BCUT2D eigenvalue weighted by atomic mass is 16.1. The molecule has 14 heavy (non-hydrogen) atoms. The molecule has 0 amide bonds. The van der Waals surface area contributed by atoms with E-state index < -0.39 is 0 Å². The van der Waals surface area contributed by atoms with Gasteiger partial charge in [0, 0.05) is 24.7 Å². The molecule has 2 heteroatoms. The van der Waals surface area contributed by atoms with E-state index in [9.17, 15) is 4.79 Å². The van der Waals surface area contributed by atoms with E-state index in [1.807, 2.05) is 12.1 Å². The molecule has 1 aromatic carbocycles. The fourth-order valence-corrected chi connectivity index (χ4v) is 2.13. The molecule has 1 heterocycles. The summed E-state index contributed by atoms with van der Waals surface area (Å²) in [5, 5.41) is 0. The van der Waals surface area contributed by atoms with Gasteiger partial charge >= 0.3 is 0 Å². The molecule has 0 radical (unpaired) electrons. The van der Waals surface area contributed by atoms with Gasteiger partial charge in [0.25, 0.3) is 0 Å². The Morgan fingerprint density at radius 3 is 3.00 bits per heavy atom. The van der Waals surface area contributed by atoms with E-state index in [1.54, 1.807) is 0 Å². The van der Waals surface area contributed by atoms with Gasteiger partial charge < -0.3 is 9.69 Å². The van der Waals surface area contributed by atoms with Gasteiger partial charge in [-0.25, -0.2) is 0 Å². The topological polar surface area (TPSA) is 20.3 Å². The molecule has 2 nitrogen and oxygen atoms in total. The Bertz CT molecular complexity index is 335. The van der Waals surface area contributed by atoms with Gasteiger partial charge in [-0.1, -0.05) is 18.2 Å². The van der Waals surface area contributed by atoms with Crippen LogP contribution in [0.1, 0.15) is 24.8 Å². The fourth-order valence-electron chi connectivity index (χ4n) is 2.13. The molecule has 1 atom stereocenters. The van der Waals surface area contributed by atoms with Crippen molar-refractivity contribution in [2.45, 2.75) is 19.3 Å². The summed E-state index contributed by atoms with van der Waals surface area (Å²) in [7, 11) is 0. The molecule has 0 unspecified atom stereocenters. The summed E-state index contributed by atoms with van der Waals surface area (Å²) in [5.74, 6) is 0.106. The van der Waals surface area contributed by atoms with E-state index in [4.69, 9.17) is 0 Å². The molecular weight excluding hydrogens is 174 g/mol. The van der Waals surface area contributed by atoms with Crippen LogP contribution in [0.2, 0.25) is 0 Å². The zero-order valence-corrected chi connectivity index (χ0v) is 8.44. The minimum atomic E-state index is 0.106. The third-order valence-electron chi connectivity index (χ3n) is 2.93. The van der Waals surface area contributed by atoms with Crippen molar-refractivity contribution in [2.75, 3.05) is 18.0 Å². The Balaban J connectivity index is 2.43. The van der Waals surface area contributed by atoms with Gasteiger partial charge in [0.05, 0.1) is 0 Å². The second kappa shape index (κ2) is 3.82. The lowest BCUT2D eigenvalue weighted by Crippen LogP contribution is -2.31. The van der Waals surface area contributed by atoms with Crippen LogP contribution >= 0.6 is 0 Å². The maximum absolute atomic E-state index is 10.9. The molecule has 0 bridgehead atoms. The zero-order valence-electron chi connectivity index (χ0n) is 8.44. The average Bonchev–Trinajstić information content (AvgIpc) is 2.27. The summed E-state index contributed by atoms with van der Waals surface area (Å²) in [5.41, 5.74) is 2.42. The SMILES string of the molecule is CCN1CC[C@@H](C=O)c2ccccc21. The third-order valence-corrected chi connectivity index (χ3v) is 2.93. The molecule has 0 N–H and O–H groups in total. The highest BCUT2D eigenvalue weighted by molar-refractivity contribution is 5.70. The minimum absolute atomic E-state index is 0.106. The van der Waals surface area contributed by atoms with Gasteiger partial charge in [-0.2, -0.15) is 0 Å². The van der Waals surface area contributed by atoms with Crippen molar-refractivity contribution in [3.05, 3.63) is 29.8 Å². The van der Waals surface area contributed by atoms with Crippen molar-refractivity contribution >= 4 is 12.0 Å². The summed E-state index contributed by atoms with van der Waals surface area (Å²) in [4.78, 5) is 13.2. The second-order valence-corrected chi connectivity index (χ2v) is 3.67. The average molecular weight is 189 g/mol. The number of anilines is 1. The van der Waals surface area contributed by atoms with Crippen molar-refractivity contribution in [2.24, 2.45) is 0 Å². The summed E-state index contributed by atoms with van der Waals surface area (Å²) in [6, 6.07) is 8.22. The first kappa shape index (κ1) is 9.25. The predicted molar refractivity (Wildman–Crippen MR) is 57.8 cm³/mol. The van der Waals surface area contributed by atoms with Crippen LogP contribution in [0.5, 0.6) is 0 Å². The highest BCUT2D eigenvalue weighted by Gasteiger charge is 2.22. The van der Waals surface area contributed by atoms with E-state index in [2.05, 4.69) is 24.0 Å². The maximum atomic E-state index is 10.9. The molecule has 1 aliphatic rings. The molecule has 0 fully saturated rings. The first-order valence-corrected chi connectivity index (χ1v) is 5.16. The van der Waals surface area contributed by atoms with E-state index in [1.165, 1.54) is 11.3 Å². The van der Waals surface area contributed by atoms with Crippen molar-refractivity contribution < 1.29 is 4.79 Å². The minimum Gasteiger partial charge on any atom is -0.372 e. The standard InChI is InChI=1S/C12H15NO/c1-2-13-8-7-10(9-14)11-5-3-4-6-12(11)13/h3-6,9-10H,2,7-8H2,1H3/t10-/m0/s1. The van der Waals surface area contributed by atoms with Gasteiger partial charge in [0.2, 0.25) is 0 Å². The van der Waals surface area contributed by atoms with Crippen LogP contribution in [-0.4, -0.2) is 19.4 Å². The first-order chi connectivity index (χ1) is 6.86. The third kappa shape index (κ3) is 1.41. The van der Waals surface area contributed by atoms with Crippen LogP contribution in [-0.2, 0) is 4.79 Å². The molecule has 0 spiro atoms. The number of benzene rings is 1. The molecule has 0 saturated heterocycles. The zero-order chi connectivity index (χ0) is 9.97. The molecule has 0 aliphatic carbocycles. The monoisotopic (exact) mass is 189 g/mol. The quantitative estimate of drug-likeness (QED) is 0.665. The predicted octanol–water partition coefficient (Wildman–Crippen LogP) is 2.20. The van der Waals surface area contributed by atoms with Crippen LogP contribution in [0.4, 0.5) is 5.69 Å². The second-order valence-electron chi connectivity index (χ2n) is 3.67. The van der Waals surface area contributed by atoms with Gasteiger partial charge in [0.1, 0.15) is 6.29 Å². The van der Waals surface area contributed by atoms with Gasteiger partial charge in [-0.3, -0.25) is 0 Å². The lowest BCUT2D eigenvalue weighted by atomic mass is 9.91. The van der Waals surface area contributed by atoms with Crippen LogP contribution < -0.4 is 4.90 Å². The van der Waals surface area contributed by atoms with Crippen molar-refractivity contribution in [3.8, 4) is 0 Å². The summed E-state index contributed by atoms with van der Waals surface area (Å²) in [6.45, 7) is 4.16. The van der Waals surface area contributed by atoms with Crippen LogP contribution in [0.15, 0.2) is 24.3 Å². The first-order valence-electron chi connectivity index (χ1n) is 5.16. The molecule has 74 valence electrons. The van der Waals surface area contributed by atoms with Crippen LogP contribution in [0, 0.1) is 0 Å². The van der Waals surface area contributed by atoms with Crippen molar-refractivity contribution in [1.82, 2.24) is 0 Å². The number of rotatable bonds is 2. The normalized spacial score (nSPS) is 20.4. The van der Waals surface area contributed by atoms with Crippen molar-refractivity contribution in [3.63, 3.8) is 0 Å². The molecule has 2 rings (SSSR count). The number of hydrogen-bond donors (Lipinski definition) is 0. The lowest BCUT2D eigenvalue weighted by molar-refractivity contribution is -0.109. The van der Waals surface area contributed by atoms with E-state index in [-0.39, 0.29) is 5.92 Å². The lowest BCUT2D eigenvalue weighted by Gasteiger charge is -2.32. The molecule has 0 saturated carbocycles. The molecular formula is C12H15NO. The Kier molecular flexibility index (Phi) is 2.53. The Morgan fingerprint density at radius 1 is 1.50 bits per heavy atom. The van der Waals surface area contributed by atoms with E-state index in [0.29, 0.717) is 0 Å². The van der Waals surface area contributed by atoms with E-state index >= 15 is 0 Å². The maximum Gasteiger partial charge on any atom is 0.127 e. The van der Waals surface area contributed by atoms with Gasteiger partial charge in [-0.05, 0) is 25.0 Å². The highest BCUT2D eigenvalue weighted by Crippen LogP contribution is 2.33. The van der Waals surface area contributed by atoms with E-state index in [0.717, 1.165) is 25.8 Å². The largest absolute Gasteiger partial charge is 0.372 e. The fraction of sp³-hybridized carbons (Fsp3) is 0.417.